The fraction of sp³-hybridized carbons (Fsp3) is 0.263. The summed E-state index contributed by atoms with van der Waals surface area (Å²) in [7, 11) is 0. The maximum atomic E-state index is 13.1. The zero-order valence-corrected chi connectivity index (χ0v) is 13.7. The van der Waals surface area contributed by atoms with Gasteiger partial charge in [0, 0.05) is 25.1 Å². The lowest BCUT2D eigenvalue weighted by atomic mass is 10.0. The smallest absolute Gasteiger partial charge is 0.227 e. The van der Waals surface area contributed by atoms with Crippen LogP contribution < -0.4 is 15.4 Å². The molecule has 2 amide bonds. The van der Waals surface area contributed by atoms with Gasteiger partial charge in [-0.05, 0) is 47.9 Å². The highest BCUT2D eigenvalue weighted by Crippen LogP contribution is 2.28. The summed E-state index contributed by atoms with van der Waals surface area (Å²) in [6.07, 6.45) is 0.553. The van der Waals surface area contributed by atoms with Gasteiger partial charge in [-0.3, -0.25) is 9.59 Å². The van der Waals surface area contributed by atoms with Crippen molar-refractivity contribution in [1.82, 2.24) is 0 Å². The van der Waals surface area contributed by atoms with E-state index in [1.807, 2.05) is 0 Å². The number of halogens is 1. The minimum Gasteiger partial charge on any atom is -0.489 e. The van der Waals surface area contributed by atoms with Crippen molar-refractivity contribution in [3.63, 3.8) is 0 Å². The van der Waals surface area contributed by atoms with Crippen LogP contribution >= 0.6 is 0 Å². The van der Waals surface area contributed by atoms with Crippen molar-refractivity contribution < 1.29 is 18.7 Å². The van der Waals surface area contributed by atoms with Crippen molar-refractivity contribution in [2.45, 2.75) is 19.4 Å². The van der Waals surface area contributed by atoms with Gasteiger partial charge in [-0.15, -0.1) is 0 Å². The molecule has 0 saturated carbocycles. The average molecular weight is 342 g/mol. The summed E-state index contributed by atoms with van der Waals surface area (Å²) in [6, 6.07) is 13.4. The molecule has 1 fully saturated rings. The van der Waals surface area contributed by atoms with Crippen LogP contribution in [0.4, 0.5) is 10.1 Å². The SMILES string of the molecule is NC(=O)CC1CC(=O)N(c2ccc(OCc3cccc(F)c3)cc2)C1. The minimum absolute atomic E-state index is 0.0142. The molecule has 2 aromatic rings. The average Bonchev–Trinajstić information content (AvgIpc) is 2.93. The third-order valence-electron chi connectivity index (χ3n) is 4.14. The van der Waals surface area contributed by atoms with Gasteiger partial charge in [0.2, 0.25) is 11.8 Å². The number of amides is 2. The number of carbonyl (C=O) groups excluding carboxylic acids is 2. The lowest BCUT2D eigenvalue weighted by molar-refractivity contribution is -0.119. The number of hydrogen-bond acceptors (Lipinski definition) is 3. The fourth-order valence-electron chi connectivity index (χ4n) is 2.97. The first-order chi connectivity index (χ1) is 12.0. The van der Waals surface area contributed by atoms with Crippen LogP contribution in [0.1, 0.15) is 18.4 Å². The Balaban J connectivity index is 1.60. The van der Waals surface area contributed by atoms with Crippen LogP contribution in [0.3, 0.4) is 0 Å². The highest BCUT2D eigenvalue weighted by atomic mass is 19.1. The number of primary amides is 1. The Hall–Kier alpha value is -2.89. The molecule has 1 aliphatic heterocycles. The molecule has 2 aromatic carbocycles. The van der Waals surface area contributed by atoms with E-state index in [1.54, 1.807) is 41.3 Å². The first-order valence-electron chi connectivity index (χ1n) is 8.07. The first kappa shape index (κ1) is 17.0. The molecule has 0 spiro atoms. The molecule has 2 N–H and O–H groups in total. The van der Waals surface area contributed by atoms with Gasteiger partial charge in [0.15, 0.2) is 0 Å². The Morgan fingerprint density at radius 2 is 2.00 bits per heavy atom. The fourth-order valence-corrected chi connectivity index (χ4v) is 2.97. The van der Waals surface area contributed by atoms with Crippen LogP contribution in [-0.2, 0) is 16.2 Å². The largest absolute Gasteiger partial charge is 0.489 e. The maximum Gasteiger partial charge on any atom is 0.227 e. The molecule has 1 saturated heterocycles. The highest BCUT2D eigenvalue weighted by Gasteiger charge is 2.31. The molecular weight excluding hydrogens is 323 g/mol. The first-order valence-corrected chi connectivity index (χ1v) is 8.07. The normalized spacial score (nSPS) is 16.9. The number of nitrogens with zero attached hydrogens (tertiary/aromatic N) is 1. The van der Waals surface area contributed by atoms with Crippen LogP contribution in [0.2, 0.25) is 0 Å². The van der Waals surface area contributed by atoms with E-state index >= 15 is 0 Å². The summed E-state index contributed by atoms with van der Waals surface area (Å²) in [5.74, 6) is -0.0998. The molecule has 1 unspecified atom stereocenters. The standard InChI is InChI=1S/C19H19FN2O3/c20-15-3-1-2-13(8-15)12-25-17-6-4-16(5-7-17)22-11-14(9-18(21)23)10-19(22)24/h1-8,14H,9-12H2,(H2,21,23). The zero-order valence-electron chi connectivity index (χ0n) is 13.7. The van der Waals surface area contributed by atoms with Gasteiger partial charge in [0.25, 0.3) is 0 Å². The van der Waals surface area contributed by atoms with Crippen molar-refractivity contribution >= 4 is 17.5 Å². The number of nitrogens with two attached hydrogens (primary N) is 1. The Morgan fingerprint density at radius 3 is 2.68 bits per heavy atom. The van der Waals surface area contributed by atoms with Gasteiger partial charge >= 0.3 is 0 Å². The molecule has 0 radical (unpaired) electrons. The number of rotatable bonds is 6. The number of ether oxygens (including phenoxy) is 1. The van der Waals surface area contributed by atoms with E-state index in [4.69, 9.17) is 10.5 Å². The predicted octanol–water partition coefficient (Wildman–Crippen LogP) is 2.63. The molecule has 1 heterocycles. The van der Waals surface area contributed by atoms with E-state index in [9.17, 15) is 14.0 Å². The Kier molecular flexibility index (Phi) is 4.97. The molecule has 130 valence electrons. The number of hydrogen-bond donors (Lipinski definition) is 1. The Labute approximate surface area is 145 Å². The second-order valence-electron chi connectivity index (χ2n) is 6.16. The molecule has 0 aromatic heterocycles. The summed E-state index contributed by atoms with van der Waals surface area (Å²) >= 11 is 0. The van der Waals surface area contributed by atoms with E-state index in [0.717, 1.165) is 11.3 Å². The Bertz CT molecular complexity index is 776. The van der Waals surface area contributed by atoms with Gasteiger partial charge in [-0.25, -0.2) is 4.39 Å². The Morgan fingerprint density at radius 1 is 1.24 bits per heavy atom. The van der Waals surface area contributed by atoms with Crippen LogP contribution in [0.5, 0.6) is 5.75 Å². The summed E-state index contributed by atoms with van der Waals surface area (Å²) < 4.78 is 18.8. The zero-order chi connectivity index (χ0) is 17.8. The van der Waals surface area contributed by atoms with Crippen molar-refractivity contribution in [2.75, 3.05) is 11.4 Å². The third-order valence-corrected chi connectivity index (χ3v) is 4.14. The van der Waals surface area contributed by atoms with Gasteiger partial charge < -0.3 is 15.4 Å². The number of benzene rings is 2. The molecule has 0 aliphatic carbocycles. The number of carbonyl (C=O) groups is 2. The second kappa shape index (κ2) is 7.34. The van der Waals surface area contributed by atoms with Crippen molar-refractivity contribution in [3.05, 3.63) is 59.9 Å². The monoisotopic (exact) mass is 342 g/mol. The third kappa shape index (κ3) is 4.35. The van der Waals surface area contributed by atoms with E-state index in [0.29, 0.717) is 18.7 Å². The summed E-state index contributed by atoms with van der Waals surface area (Å²) in [5, 5.41) is 0. The molecule has 3 rings (SSSR count). The predicted molar refractivity (Wildman–Crippen MR) is 91.4 cm³/mol. The molecule has 5 nitrogen and oxygen atoms in total. The van der Waals surface area contributed by atoms with Crippen LogP contribution in [-0.4, -0.2) is 18.4 Å². The van der Waals surface area contributed by atoms with E-state index in [2.05, 4.69) is 0 Å². The van der Waals surface area contributed by atoms with E-state index < -0.39 is 0 Å². The lowest BCUT2D eigenvalue weighted by Crippen LogP contribution is -2.25. The van der Waals surface area contributed by atoms with E-state index in [1.165, 1.54) is 12.1 Å². The molecular formula is C19H19FN2O3. The van der Waals surface area contributed by atoms with Crippen LogP contribution in [0.15, 0.2) is 48.5 Å². The molecule has 0 bridgehead atoms. The van der Waals surface area contributed by atoms with Gasteiger partial charge in [-0.2, -0.15) is 0 Å². The second-order valence-corrected chi connectivity index (χ2v) is 6.16. The molecule has 1 atom stereocenters. The van der Waals surface area contributed by atoms with Crippen molar-refractivity contribution in [1.29, 1.82) is 0 Å². The van der Waals surface area contributed by atoms with Crippen molar-refractivity contribution in [2.24, 2.45) is 11.7 Å². The highest BCUT2D eigenvalue weighted by molar-refractivity contribution is 5.96. The van der Waals surface area contributed by atoms with E-state index in [-0.39, 0.29) is 36.6 Å². The summed E-state index contributed by atoms with van der Waals surface area (Å²) in [5.41, 5.74) is 6.71. The summed E-state index contributed by atoms with van der Waals surface area (Å²) in [4.78, 5) is 24.8. The molecule has 1 aliphatic rings. The topological polar surface area (TPSA) is 72.6 Å². The van der Waals surface area contributed by atoms with Crippen LogP contribution in [0, 0.1) is 11.7 Å². The van der Waals surface area contributed by atoms with Gasteiger partial charge in [0.1, 0.15) is 18.2 Å². The minimum atomic E-state index is -0.388. The van der Waals surface area contributed by atoms with Crippen molar-refractivity contribution in [3.8, 4) is 5.75 Å². The lowest BCUT2D eigenvalue weighted by Gasteiger charge is -2.17. The maximum absolute atomic E-state index is 13.1. The summed E-state index contributed by atoms with van der Waals surface area (Å²) in [6.45, 7) is 0.756. The van der Waals surface area contributed by atoms with Crippen LogP contribution in [0.25, 0.3) is 0 Å². The molecule has 25 heavy (non-hydrogen) atoms. The quantitative estimate of drug-likeness (QED) is 0.877. The molecule has 6 heteroatoms. The number of anilines is 1. The van der Waals surface area contributed by atoms with Gasteiger partial charge in [-0.1, -0.05) is 12.1 Å². The van der Waals surface area contributed by atoms with Gasteiger partial charge in [0.05, 0.1) is 0 Å².